The largest absolute Gasteiger partial charge is 0.497 e. The van der Waals surface area contributed by atoms with Crippen molar-refractivity contribution in [3.8, 4) is 5.75 Å². The number of hydrogen-bond donors (Lipinski definition) is 1. The maximum atomic E-state index is 12.9. The van der Waals surface area contributed by atoms with E-state index in [1.54, 1.807) is 0 Å². The van der Waals surface area contributed by atoms with Crippen LogP contribution in [-0.2, 0) is 0 Å². The van der Waals surface area contributed by atoms with Gasteiger partial charge in [-0.05, 0) is 24.6 Å². The summed E-state index contributed by atoms with van der Waals surface area (Å²) in [5, 5.41) is 2.22. The van der Waals surface area contributed by atoms with E-state index in [4.69, 9.17) is 4.74 Å². The first-order chi connectivity index (χ1) is 8.38. The lowest BCUT2D eigenvalue weighted by molar-refractivity contribution is -0.159. The molecule has 102 valence electrons. The van der Waals surface area contributed by atoms with Gasteiger partial charge in [-0.1, -0.05) is 12.1 Å². The topological polar surface area (TPSA) is 21.3 Å². The van der Waals surface area contributed by atoms with E-state index >= 15 is 0 Å². The van der Waals surface area contributed by atoms with Crippen molar-refractivity contribution in [1.82, 2.24) is 5.32 Å². The third kappa shape index (κ3) is 3.87. The molecule has 1 aromatic carbocycles. The predicted molar refractivity (Wildman–Crippen MR) is 60.4 cm³/mol. The molecule has 0 aliphatic heterocycles. The highest BCUT2D eigenvalue weighted by Gasteiger charge is 2.41. The normalized spacial score (nSPS) is 15.2. The summed E-state index contributed by atoms with van der Waals surface area (Å²) in [5.41, 5.74) is 0.0311. The van der Waals surface area contributed by atoms with Gasteiger partial charge in [0, 0.05) is 6.04 Å². The van der Waals surface area contributed by atoms with Crippen molar-refractivity contribution < 1.29 is 22.3 Å². The van der Waals surface area contributed by atoms with Crippen molar-refractivity contribution in [1.29, 1.82) is 0 Å². The Hall–Kier alpha value is -1.30. The first-order valence-electron chi connectivity index (χ1n) is 5.41. The minimum absolute atomic E-state index is 0.0311. The molecule has 0 bridgehead atoms. The van der Waals surface area contributed by atoms with Gasteiger partial charge in [-0.15, -0.1) is 0 Å². The van der Waals surface area contributed by atoms with Gasteiger partial charge in [0.1, 0.15) is 18.5 Å². The molecule has 0 aliphatic carbocycles. The van der Waals surface area contributed by atoms with E-state index in [1.807, 2.05) is 0 Å². The molecule has 0 fully saturated rings. The summed E-state index contributed by atoms with van der Waals surface area (Å²) in [7, 11) is 1.43. The van der Waals surface area contributed by atoms with Crippen LogP contribution in [0.1, 0.15) is 18.5 Å². The Kier molecular flexibility index (Phi) is 4.95. The van der Waals surface area contributed by atoms with E-state index in [1.165, 1.54) is 38.3 Å². The molecule has 6 heteroatoms. The van der Waals surface area contributed by atoms with Crippen LogP contribution >= 0.6 is 0 Å². The first-order valence-corrected chi connectivity index (χ1v) is 5.41. The molecule has 1 aromatic rings. The number of halogens is 4. The second-order valence-electron chi connectivity index (χ2n) is 3.97. The van der Waals surface area contributed by atoms with E-state index in [-0.39, 0.29) is 5.56 Å². The zero-order chi connectivity index (χ0) is 13.8. The zero-order valence-electron chi connectivity index (χ0n) is 10.1. The fourth-order valence-corrected chi connectivity index (χ4v) is 1.51. The molecule has 2 nitrogen and oxygen atoms in total. The third-order valence-corrected chi connectivity index (χ3v) is 2.46. The smallest absolute Gasteiger partial charge is 0.407 e. The Labute approximate surface area is 103 Å². The fourth-order valence-electron chi connectivity index (χ4n) is 1.51. The lowest BCUT2D eigenvalue weighted by Gasteiger charge is -2.24. The zero-order valence-corrected chi connectivity index (χ0v) is 10.1. The molecular formula is C12H15F4NO. The molecule has 0 amide bonds. The van der Waals surface area contributed by atoms with E-state index in [2.05, 4.69) is 5.32 Å². The summed E-state index contributed by atoms with van der Waals surface area (Å²) >= 11 is 0. The summed E-state index contributed by atoms with van der Waals surface area (Å²) in [6, 6.07) is 2.77. The number of nitrogens with one attached hydrogen (secondary N) is 1. The molecule has 0 radical (unpaired) electrons. The minimum atomic E-state index is -4.47. The first kappa shape index (κ1) is 14.8. The van der Waals surface area contributed by atoms with Crippen LogP contribution in [0.15, 0.2) is 24.3 Å². The maximum absolute atomic E-state index is 12.9. The Bertz CT molecular complexity index is 363. The van der Waals surface area contributed by atoms with Gasteiger partial charge in [-0.2, -0.15) is 13.2 Å². The van der Waals surface area contributed by atoms with Gasteiger partial charge in [0.15, 0.2) is 0 Å². The van der Waals surface area contributed by atoms with Crippen LogP contribution in [0.25, 0.3) is 0 Å². The Morgan fingerprint density at radius 3 is 2.17 bits per heavy atom. The van der Waals surface area contributed by atoms with Crippen molar-refractivity contribution in [3.05, 3.63) is 29.8 Å². The predicted octanol–water partition coefficient (Wildman–Crippen LogP) is 3.25. The SMILES string of the molecule is COc1ccc(C(NC(C)CF)C(F)(F)F)cc1. The highest BCUT2D eigenvalue weighted by atomic mass is 19.4. The van der Waals surface area contributed by atoms with Crippen molar-refractivity contribution >= 4 is 0 Å². The summed E-state index contributed by atoms with van der Waals surface area (Å²) in [6.07, 6.45) is -4.47. The van der Waals surface area contributed by atoms with Gasteiger partial charge < -0.3 is 4.74 Å². The number of alkyl halides is 4. The number of benzene rings is 1. The monoisotopic (exact) mass is 265 g/mol. The van der Waals surface area contributed by atoms with Crippen LogP contribution in [0, 0.1) is 0 Å². The Morgan fingerprint density at radius 1 is 1.22 bits per heavy atom. The maximum Gasteiger partial charge on any atom is 0.407 e. The van der Waals surface area contributed by atoms with Crippen molar-refractivity contribution in [2.45, 2.75) is 25.2 Å². The summed E-state index contributed by atoms with van der Waals surface area (Å²) in [6.45, 7) is 0.505. The molecule has 0 saturated heterocycles. The highest BCUT2D eigenvalue weighted by Crippen LogP contribution is 2.33. The number of methoxy groups -OCH3 is 1. The Morgan fingerprint density at radius 2 is 1.78 bits per heavy atom. The van der Waals surface area contributed by atoms with E-state index < -0.39 is 24.9 Å². The second kappa shape index (κ2) is 6.04. The molecule has 0 spiro atoms. The average molecular weight is 265 g/mol. The third-order valence-electron chi connectivity index (χ3n) is 2.46. The highest BCUT2D eigenvalue weighted by molar-refractivity contribution is 5.29. The van der Waals surface area contributed by atoms with E-state index in [0.717, 1.165) is 0 Å². The summed E-state index contributed by atoms with van der Waals surface area (Å²) < 4.78 is 55.8. The molecule has 2 unspecified atom stereocenters. The molecule has 1 rings (SSSR count). The number of hydrogen-bond acceptors (Lipinski definition) is 2. The van der Waals surface area contributed by atoms with Crippen molar-refractivity contribution in [3.63, 3.8) is 0 Å². The van der Waals surface area contributed by atoms with Crippen LogP contribution in [0.4, 0.5) is 17.6 Å². The van der Waals surface area contributed by atoms with Crippen LogP contribution < -0.4 is 10.1 Å². The van der Waals surface area contributed by atoms with Crippen molar-refractivity contribution in [2.75, 3.05) is 13.8 Å². The Balaban J connectivity index is 2.94. The van der Waals surface area contributed by atoms with Crippen LogP contribution in [0.3, 0.4) is 0 Å². The molecule has 18 heavy (non-hydrogen) atoms. The lowest BCUT2D eigenvalue weighted by atomic mass is 10.1. The van der Waals surface area contributed by atoms with E-state index in [0.29, 0.717) is 5.75 Å². The standard InChI is InChI=1S/C12H15F4NO/c1-8(7-13)17-11(12(14,15)16)9-3-5-10(18-2)6-4-9/h3-6,8,11,17H,7H2,1-2H3. The average Bonchev–Trinajstić information content (AvgIpc) is 2.34. The molecule has 2 atom stereocenters. The van der Waals surface area contributed by atoms with Crippen LogP contribution in [-0.4, -0.2) is 26.0 Å². The van der Waals surface area contributed by atoms with Gasteiger partial charge in [0.05, 0.1) is 7.11 Å². The summed E-state index contributed by atoms with van der Waals surface area (Å²) in [5.74, 6) is 0.471. The minimum Gasteiger partial charge on any atom is -0.497 e. The number of ether oxygens (including phenoxy) is 1. The second-order valence-corrected chi connectivity index (χ2v) is 3.97. The van der Waals surface area contributed by atoms with Crippen molar-refractivity contribution in [2.24, 2.45) is 0 Å². The van der Waals surface area contributed by atoms with Gasteiger partial charge in [0.25, 0.3) is 0 Å². The summed E-state index contributed by atoms with van der Waals surface area (Å²) in [4.78, 5) is 0. The van der Waals surface area contributed by atoms with Gasteiger partial charge >= 0.3 is 6.18 Å². The van der Waals surface area contributed by atoms with Crippen LogP contribution in [0.5, 0.6) is 5.75 Å². The lowest BCUT2D eigenvalue weighted by Crippen LogP contribution is -2.40. The van der Waals surface area contributed by atoms with Gasteiger partial charge in [-0.3, -0.25) is 5.32 Å². The molecular weight excluding hydrogens is 250 g/mol. The molecule has 0 aromatic heterocycles. The molecule has 0 heterocycles. The molecule has 0 saturated carbocycles. The molecule has 0 aliphatic rings. The fraction of sp³-hybridized carbons (Fsp3) is 0.500. The van der Waals surface area contributed by atoms with Gasteiger partial charge in [0.2, 0.25) is 0 Å². The molecule has 1 N–H and O–H groups in total. The van der Waals surface area contributed by atoms with E-state index in [9.17, 15) is 17.6 Å². The quantitative estimate of drug-likeness (QED) is 0.825. The number of rotatable bonds is 5. The van der Waals surface area contributed by atoms with Gasteiger partial charge in [-0.25, -0.2) is 4.39 Å². The van der Waals surface area contributed by atoms with Crippen LogP contribution in [0.2, 0.25) is 0 Å².